The van der Waals surface area contributed by atoms with Crippen molar-refractivity contribution >= 4 is 58.0 Å². The van der Waals surface area contributed by atoms with Gasteiger partial charge in [-0.1, -0.05) is 64.9 Å². The molecule has 1 aliphatic rings. The van der Waals surface area contributed by atoms with E-state index >= 15 is 0 Å². The fourth-order valence-corrected chi connectivity index (χ4v) is 2.29. The van der Waals surface area contributed by atoms with Gasteiger partial charge in [0.25, 0.3) is 0 Å². The van der Waals surface area contributed by atoms with Crippen molar-refractivity contribution in [2.45, 2.75) is 11.3 Å². The van der Waals surface area contributed by atoms with Crippen molar-refractivity contribution in [3.8, 4) is 0 Å². The van der Waals surface area contributed by atoms with Crippen LogP contribution >= 0.6 is 58.0 Å². The van der Waals surface area contributed by atoms with Crippen LogP contribution in [0.2, 0.25) is 0 Å². The average Bonchev–Trinajstić information content (AvgIpc) is 1.97. The molecule has 1 unspecified atom stereocenters. The van der Waals surface area contributed by atoms with Gasteiger partial charge in [0.1, 0.15) is 0 Å². The largest absolute Gasteiger partial charge is 0.174 e. The maximum atomic E-state index is 5.85. The van der Waals surface area contributed by atoms with Crippen molar-refractivity contribution in [2.24, 2.45) is 5.92 Å². The molecule has 1 aliphatic carbocycles. The van der Waals surface area contributed by atoms with Gasteiger partial charge in [-0.2, -0.15) is 0 Å². The molecule has 0 aromatic heterocycles. The summed E-state index contributed by atoms with van der Waals surface area (Å²) in [5.41, 5.74) is 0. The molecule has 0 amide bonds. The highest BCUT2D eigenvalue weighted by Gasteiger charge is 2.35. The standard InChI is InChI=1S/C7H5Cl5/c1-3-4(8)2-7(11,12)6(10)5(3)9/h2-3H,1H3. The van der Waals surface area contributed by atoms with E-state index in [1.165, 1.54) is 6.08 Å². The van der Waals surface area contributed by atoms with Crippen molar-refractivity contribution in [2.75, 3.05) is 0 Å². The molecule has 0 nitrogen and oxygen atoms in total. The first-order chi connectivity index (χ1) is 5.36. The Hall–Kier alpha value is 0.930. The SMILES string of the molecule is CC1C(Cl)=CC(Cl)(Cl)C(Cl)=C1Cl. The number of alkyl halides is 2. The Morgan fingerprint density at radius 1 is 1.25 bits per heavy atom. The Morgan fingerprint density at radius 2 is 1.75 bits per heavy atom. The Bertz CT molecular complexity index is 263. The highest BCUT2D eigenvalue weighted by molar-refractivity contribution is 6.59. The predicted molar refractivity (Wildman–Crippen MR) is 56.3 cm³/mol. The van der Waals surface area contributed by atoms with Gasteiger partial charge >= 0.3 is 0 Å². The van der Waals surface area contributed by atoms with Gasteiger partial charge in [-0.3, -0.25) is 0 Å². The van der Waals surface area contributed by atoms with Crippen LogP contribution in [-0.2, 0) is 0 Å². The third-order valence-corrected chi connectivity index (χ3v) is 3.96. The number of allylic oxidation sites excluding steroid dienone is 4. The minimum atomic E-state index is -1.28. The molecule has 68 valence electrons. The fourth-order valence-electron chi connectivity index (χ4n) is 0.832. The molecule has 0 spiro atoms. The minimum absolute atomic E-state index is 0.119. The van der Waals surface area contributed by atoms with Crippen LogP contribution in [0.5, 0.6) is 0 Å². The smallest absolute Gasteiger partial charge is 0.0905 e. The Labute approximate surface area is 96.1 Å². The maximum Gasteiger partial charge on any atom is 0.174 e. The predicted octanol–water partition coefficient (Wildman–Crippen LogP) is 4.62. The Morgan fingerprint density at radius 3 is 2.25 bits per heavy atom. The van der Waals surface area contributed by atoms with Crippen LogP contribution in [-0.4, -0.2) is 4.33 Å². The quantitative estimate of drug-likeness (QED) is 0.561. The number of hydrogen-bond acceptors (Lipinski definition) is 0. The molecule has 0 aliphatic heterocycles. The molecule has 0 bridgehead atoms. The lowest BCUT2D eigenvalue weighted by atomic mass is 10.0. The van der Waals surface area contributed by atoms with Crippen molar-refractivity contribution in [1.29, 1.82) is 0 Å². The van der Waals surface area contributed by atoms with Crippen LogP contribution in [0.3, 0.4) is 0 Å². The van der Waals surface area contributed by atoms with Crippen molar-refractivity contribution in [1.82, 2.24) is 0 Å². The van der Waals surface area contributed by atoms with Gasteiger partial charge in [0.05, 0.1) is 5.03 Å². The van der Waals surface area contributed by atoms with Gasteiger partial charge in [0, 0.05) is 16.0 Å². The van der Waals surface area contributed by atoms with E-state index in [1.54, 1.807) is 0 Å². The summed E-state index contributed by atoms with van der Waals surface area (Å²) < 4.78 is -1.28. The average molecular weight is 266 g/mol. The number of hydrogen-bond donors (Lipinski definition) is 0. The summed E-state index contributed by atoms with van der Waals surface area (Å²) in [6.45, 7) is 1.83. The van der Waals surface area contributed by atoms with Gasteiger partial charge in [-0.05, 0) is 6.08 Å². The van der Waals surface area contributed by atoms with Crippen LogP contribution in [0.1, 0.15) is 6.92 Å². The normalized spacial score (nSPS) is 28.8. The Kier molecular flexibility index (Phi) is 3.29. The van der Waals surface area contributed by atoms with E-state index in [1.807, 2.05) is 6.92 Å². The zero-order valence-electron chi connectivity index (χ0n) is 6.04. The summed E-state index contributed by atoms with van der Waals surface area (Å²) in [4.78, 5) is 0. The number of halogens is 5. The summed E-state index contributed by atoms with van der Waals surface area (Å²) >= 11 is 29.1. The van der Waals surface area contributed by atoms with E-state index < -0.39 is 4.33 Å². The summed E-state index contributed by atoms with van der Waals surface area (Å²) in [6, 6.07) is 0. The van der Waals surface area contributed by atoms with Crippen molar-refractivity contribution in [3.63, 3.8) is 0 Å². The molecule has 12 heavy (non-hydrogen) atoms. The molecular weight excluding hydrogens is 261 g/mol. The number of rotatable bonds is 0. The second-order valence-electron chi connectivity index (χ2n) is 2.54. The van der Waals surface area contributed by atoms with Gasteiger partial charge in [-0.15, -0.1) is 0 Å². The van der Waals surface area contributed by atoms with E-state index in [4.69, 9.17) is 58.0 Å². The van der Waals surface area contributed by atoms with Gasteiger partial charge < -0.3 is 0 Å². The molecule has 1 rings (SSSR count). The van der Waals surface area contributed by atoms with E-state index in [2.05, 4.69) is 0 Å². The van der Waals surface area contributed by atoms with E-state index in [-0.39, 0.29) is 11.0 Å². The third-order valence-electron chi connectivity index (χ3n) is 1.62. The molecule has 0 radical (unpaired) electrons. The monoisotopic (exact) mass is 264 g/mol. The lowest BCUT2D eigenvalue weighted by Gasteiger charge is -2.25. The second kappa shape index (κ2) is 3.59. The minimum Gasteiger partial charge on any atom is -0.0905 e. The molecule has 0 saturated heterocycles. The lowest BCUT2D eigenvalue weighted by Crippen LogP contribution is -2.18. The highest BCUT2D eigenvalue weighted by atomic mass is 35.5. The lowest BCUT2D eigenvalue weighted by molar-refractivity contribution is 0.852. The van der Waals surface area contributed by atoms with Gasteiger partial charge in [-0.25, -0.2) is 0 Å². The molecule has 0 aromatic rings. The van der Waals surface area contributed by atoms with Crippen LogP contribution in [0.4, 0.5) is 0 Å². The maximum absolute atomic E-state index is 5.85. The first-order valence-electron chi connectivity index (χ1n) is 3.18. The van der Waals surface area contributed by atoms with E-state index in [0.29, 0.717) is 10.1 Å². The van der Waals surface area contributed by atoms with E-state index in [0.717, 1.165) is 0 Å². The first-order valence-corrected chi connectivity index (χ1v) is 5.07. The molecular formula is C7H5Cl5. The van der Waals surface area contributed by atoms with Crippen LogP contribution in [0.15, 0.2) is 21.2 Å². The Balaban J connectivity index is 3.15. The third kappa shape index (κ3) is 1.88. The fraction of sp³-hybridized carbons (Fsp3) is 0.429. The molecule has 0 heterocycles. The van der Waals surface area contributed by atoms with Crippen molar-refractivity contribution < 1.29 is 0 Å². The zero-order valence-corrected chi connectivity index (χ0v) is 9.82. The molecule has 0 saturated carbocycles. The van der Waals surface area contributed by atoms with Gasteiger partial charge in [0.15, 0.2) is 4.33 Å². The van der Waals surface area contributed by atoms with E-state index in [9.17, 15) is 0 Å². The van der Waals surface area contributed by atoms with Crippen LogP contribution in [0, 0.1) is 5.92 Å². The molecule has 0 fully saturated rings. The summed E-state index contributed by atoms with van der Waals surface area (Å²) in [5, 5.41) is 1.13. The summed E-state index contributed by atoms with van der Waals surface area (Å²) in [5.74, 6) is -0.119. The zero-order chi connectivity index (χ0) is 9.52. The second-order valence-corrected chi connectivity index (χ2v) is 5.14. The summed E-state index contributed by atoms with van der Waals surface area (Å²) in [7, 11) is 0. The molecule has 0 aromatic carbocycles. The van der Waals surface area contributed by atoms with Crippen molar-refractivity contribution in [3.05, 3.63) is 21.2 Å². The van der Waals surface area contributed by atoms with Gasteiger partial charge in [0.2, 0.25) is 0 Å². The topological polar surface area (TPSA) is 0 Å². The molecule has 0 N–H and O–H groups in total. The first kappa shape index (κ1) is 11.0. The highest BCUT2D eigenvalue weighted by Crippen LogP contribution is 2.47. The molecule has 5 heteroatoms. The summed E-state index contributed by atoms with van der Waals surface area (Å²) in [6.07, 6.45) is 1.48. The van der Waals surface area contributed by atoms with Crippen LogP contribution < -0.4 is 0 Å². The van der Waals surface area contributed by atoms with Crippen LogP contribution in [0.25, 0.3) is 0 Å². The molecule has 1 atom stereocenters.